The van der Waals surface area contributed by atoms with Crippen molar-refractivity contribution in [3.05, 3.63) is 18.2 Å². The average Bonchev–Trinajstić information content (AvgIpc) is 2.68. The Labute approximate surface area is 93.0 Å². The van der Waals surface area contributed by atoms with Crippen LogP contribution < -0.4 is 10.5 Å². The van der Waals surface area contributed by atoms with E-state index in [9.17, 15) is 0 Å². The number of aryl methyl sites for hydroxylation is 1. The van der Waals surface area contributed by atoms with Gasteiger partial charge in [-0.1, -0.05) is 6.07 Å². The summed E-state index contributed by atoms with van der Waals surface area (Å²) in [6, 6.07) is 5.48. The molecule has 6 nitrogen and oxygen atoms in total. The summed E-state index contributed by atoms with van der Waals surface area (Å²) in [6.07, 6.45) is 0. The van der Waals surface area contributed by atoms with Crippen molar-refractivity contribution in [2.45, 2.75) is 6.92 Å². The van der Waals surface area contributed by atoms with Crippen LogP contribution in [0.4, 0.5) is 5.69 Å². The van der Waals surface area contributed by atoms with Gasteiger partial charge in [0.1, 0.15) is 0 Å². The lowest BCUT2D eigenvalue weighted by atomic mass is 10.1. The third-order valence-corrected chi connectivity index (χ3v) is 2.08. The van der Waals surface area contributed by atoms with E-state index in [-0.39, 0.29) is 0 Å². The zero-order valence-electron chi connectivity index (χ0n) is 9.21. The second-order valence-corrected chi connectivity index (χ2v) is 3.26. The Morgan fingerprint density at radius 2 is 2.25 bits per heavy atom. The molecule has 0 atom stereocenters. The van der Waals surface area contributed by atoms with E-state index < -0.39 is 0 Å². The largest absolute Gasteiger partial charge is 0.491 e. The number of nitrogen functional groups attached to an aromatic ring is 1. The van der Waals surface area contributed by atoms with Gasteiger partial charge in [0, 0.05) is 0 Å². The standard InChI is InChI=1S/C10H13N5O/c1-3-16-9-7(5-4-6-8(9)11)10-12-14-15(2)13-10/h4-6H,3,11H2,1-2H3. The van der Waals surface area contributed by atoms with Crippen molar-refractivity contribution in [1.82, 2.24) is 20.2 Å². The minimum atomic E-state index is 0.512. The van der Waals surface area contributed by atoms with Gasteiger partial charge < -0.3 is 10.5 Å². The van der Waals surface area contributed by atoms with Crippen LogP contribution in [-0.4, -0.2) is 26.8 Å². The summed E-state index contributed by atoms with van der Waals surface area (Å²) in [5, 5.41) is 11.8. The number of anilines is 1. The number of rotatable bonds is 3. The number of aromatic nitrogens is 4. The third kappa shape index (κ3) is 1.81. The van der Waals surface area contributed by atoms with Crippen LogP contribution in [0, 0.1) is 0 Å². The Morgan fingerprint density at radius 3 is 2.88 bits per heavy atom. The molecule has 0 aliphatic rings. The molecule has 0 fully saturated rings. The molecule has 0 radical (unpaired) electrons. The molecule has 0 aliphatic carbocycles. The second kappa shape index (κ2) is 4.18. The molecule has 0 amide bonds. The van der Waals surface area contributed by atoms with E-state index in [1.54, 1.807) is 13.1 Å². The van der Waals surface area contributed by atoms with Crippen LogP contribution in [0.3, 0.4) is 0 Å². The Bertz CT molecular complexity index is 494. The lowest BCUT2D eigenvalue weighted by Gasteiger charge is -2.09. The minimum Gasteiger partial charge on any atom is -0.491 e. The number of nitrogens with zero attached hydrogens (tertiary/aromatic N) is 4. The van der Waals surface area contributed by atoms with Crippen LogP contribution in [-0.2, 0) is 7.05 Å². The maximum absolute atomic E-state index is 5.84. The van der Waals surface area contributed by atoms with Crippen molar-refractivity contribution >= 4 is 5.69 Å². The van der Waals surface area contributed by atoms with Crippen LogP contribution in [0.15, 0.2) is 18.2 Å². The van der Waals surface area contributed by atoms with Crippen LogP contribution in [0.5, 0.6) is 5.75 Å². The van der Waals surface area contributed by atoms with Crippen molar-refractivity contribution in [2.24, 2.45) is 7.05 Å². The number of nitrogens with two attached hydrogens (primary N) is 1. The molecule has 1 heterocycles. The van der Waals surface area contributed by atoms with Crippen LogP contribution >= 0.6 is 0 Å². The van der Waals surface area contributed by atoms with Gasteiger partial charge in [-0.25, -0.2) is 0 Å². The topological polar surface area (TPSA) is 78.9 Å². The molecule has 0 unspecified atom stereocenters. The lowest BCUT2D eigenvalue weighted by molar-refractivity contribution is 0.343. The van der Waals surface area contributed by atoms with E-state index in [0.29, 0.717) is 23.9 Å². The number of ether oxygens (including phenoxy) is 1. The van der Waals surface area contributed by atoms with Gasteiger partial charge in [0.25, 0.3) is 0 Å². The number of tetrazole rings is 1. The fraction of sp³-hybridized carbons (Fsp3) is 0.300. The quantitative estimate of drug-likeness (QED) is 0.774. The van der Waals surface area contributed by atoms with E-state index in [1.807, 2.05) is 19.1 Å². The molecule has 0 saturated carbocycles. The number of benzene rings is 1. The molecule has 2 aromatic rings. The summed E-state index contributed by atoms with van der Waals surface area (Å²) in [6.45, 7) is 2.45. The summed E-state index contributed by atoms with van der Waals surface area (Å²) < 4.78 is 5.49. The predicted octanol–water partition coefficient (Wildman–Crippen LogP) is 0.858. The summed E-state index contributed by atoms with van der Waals surface area (Å²) in [7, 11) is 1.71. The van der Waals surface area contributed by atoms with E-state index in [0.717, 1.165) is 5.56 Å². The maximum Gasteiger partial charge on any atom is 0.208 e. The van der Waals surface area contributed by atoms with Crippen molar-refractivity contribution in [2.75, 3.05) is 12.3 Å². The van der Waals surface area contributed by atoms with Gasteiger partial charge in [-0.15, -0.1) is 10.2 Å². The lowest BCUT2D eigenvalue weighted by Crippen LogP contribution is -1.99. The SMILES string of the molecule is CCOc1c(N)cccc1-c1nnn(C)n1. The van der Waals surface area contributed by atoms with E-state index in [1.165, 1.54) is 4.80 Å². The summed E-state index contributed by atoms with van der Waals surface area (Å²) in [5.74, 6) is 1.12. The average molecular weight is 219 g/mol. The highest BCUT2D eigenvalue weighted by Crippen LogP contribution is 2.32. The number of hydrogen-bond donors (Lipinski definition) is 1. The molecule has 1 aromatic carbocycles. The van der Waals surface area contributed by atoms with E-state index in [4.69, 9.17) is 10.5 Å². The van der Waals surface area contributed by atoms with Gasteiger partial charge >= 0.3 is 0 Å². The van der Waals surface area contributed by atoms with Crippen LogP contribution in [0.2, 0.25) is 0 Å². The normalized spacial score (nSPS) is 10.4. The summed E-state index contributed by atoms with van der Waals surface area (Å²) in [5.41, 5.74) is 7.18. The van der Waals surface area contributed by atoms with Crippen LogP contribution in [0.25, 0.3) is 11.4 Å². The van der Waals surface area contributed by atoms with Gasteiger partial charge in [-0.2, -0.15) is 4.80 Å². The highest BCUT2D eigenvalue weighted by Gasteiger charge is 2.13. The highest BCUT2D eigenvalue weighted by atomic mass is 16.5. The first-order valence-corrected chi connectivity index (χ1v) is 4.98. The first kappa shape index (κ1) is 10.4. The third-order valence-electron chi connectivity index (χ3n) is 2.08. The molecule has 0 saturated heterocycles. The van der Waals surface area contributed by atoms with Gasteiger partial charge in [0.2, 0.25) is 5.82 Å². The first-order valence-electron chi connectivity index (χ1n) is 4.98. The molecular formula is C10H13N5O. The molecule has 0 bridgehead atoms. The summed E-state index contributed by atoms with van der Waals surface area (Å²) >= 11 is 0. The fourth-order valence-electron chi connectivity index (χ4n) is 1.43. The van der Waals surface area contributed by atoms with E-state index in [2.05, 4.69) is 15.4 Å². The van der Waals surface area contributed by atoms with Gasteiger partial charge in [0.05, 0.1) is 24.9 Å². The monoisotopic (exact) mass is 219 g/mol. The van der Waals surface area contributed by atoms with Crippen molar-refractivity contribution in [3.8, 4) is 17.1 Å². The molecule has 16 heavy (non-hydrogen) atoms. The molecule has 0 spiro atoms. The Balaban J connectivity index is 2.51. The Hall–Kier alpha value is -2.11. The minimum absolute atomic E-state index is 0.512. The molecule has 2 N–H and O–H groups in total. The number of para-hydroxylation sites is 1. The molecule has 2 rings (SSSR count). The first-order chi connectivity index (χ1) is 7.72. The highest BCUT2D eigenvalue weighted by molar-refractivity contribution is 5.72. The van der Waals surface area contributed by atoms with Crippen LogP contribution in [0.1, 0.15) is 6.92 Å². The summed E-state index contributed by atoms with van der Waals surface area (Å²) in [4.78, 5) is 1.40. The van der Waals surface area contributed by atoms with Gasteiger partial charge in [-0.3, -0.25) is 0 Å². The predicted molar refractivity (Wildman–Crippen MR) is 59.8 cm³/mol. The van der Waals surface area contributed by atoms with E-state index >= 15 is 0 Å². The van der Waals surface area contributed by atoms with Crippen molar-refractivity contribution < 1.29 is 4.74 Å². The van der Waals surface area contributed by atoms with Crippen molar-refractivity contribution in [1.29, 1.82) is 0 Å². The second-order valence-electron chi connectivity index (χ2n) is 3.26. The number of hydrogen-bond acceptors (Lipinski definition) is 5. The van der Waals surface area contributed by atoms with Crippen molar-refractivity contribution in [3.63, 3.8) is 0 Å². The Morgan fingerprint density at radius 1 is 1.44 bits per heavy atom. The van der Waals surface area contributed by atoms with Gasteiger partial charge in [-0.05, 0) is 24.3 Å². The molecule has 84 valence electrons. The Kier molecular flexibility index (Phi) is 2.72. The van der Waals surface area contributed by atoms with Gasteiger partial charge in [0.15, 0.2) is 5.75 Å². The molecule has 1 aromatic heterocycles. The molecular weight excluding hydrogens is 206 g/mol. The molecule has 6 heteroatoms. The zero-order valence-corrected chi connectivity index (χ0v) is 9.21. The smallest absolute Gasteiger partial charge is 0.208 e. The maximum atomic E-state index is 5.84. The zero-order chi connectivity index (χ0) is 11.5. The fourth-order valence-corrected chi connectivity index (χ4v) is 1.43. The molecule has 0 aliphatic heterocycles.